The van der Waals surface area contributed by atoms with E-state index < -0.39 is 0 Å². The van der Waals surface area contributed by atoms with Crippen LogP contribution in [0.2, 0.25) is 0 Å². The topological polar surface area (TPSA) is 26.0 Å². The number of hydrogen-bond donors (Lipinski definition) is 1. The molecule has 2 N–H and O–H groups in total. The zero-order valence-corrected chi connectivity index (χ0v) is 8.62. The van der Waals surface area contributed by atoms with Crippen molar-refractivity contribution >= 4 is 10.0 Å². The first-order valence-corrected chi connectivity index (χ1v) is 7.33. The normalized spacial score (nSPS) is 30.5. The van der Waals surface area contributed by atoms with Crippen molar-refractivity contribution in [2.24, 2.45) is 5.73 Å². The molecule has 0 aliphatic carbocycles. The molecule has 1 nitrogen and oxygen atoms in total. The Kier molecular flexibility index (Phi) is 3.26. The highest BCUT2D eigenvalue weighted by atomic mass is 32.3. The maximum Gasteiger partial charge on any atom is 0.00393 e. The SMILES string of the molecule is CS1(C)CCCC(N)CCC1. The largest absolute Gasteiger partial charge is 0.328 e. The van der Waals surface area contributed by atoms with E-state index in [2.05, 4.69) is 12.5 Å². The van der Waals surface area contributed by atoms with Crippen LogP contribution >= 0.6 is 10.0 Å². The van der Waals surface area contributed by atoms with Gasteiger partial charge in [0.05, 0.1) is 0 Å². The quantitative estimate of drug-likeness (QED) is 0.598. The summed E-state index contributed by atoms with van der Waals surface area (Å²) < 4.78 is 0. The first-order chi connectivity index (χ1) is 5.10. The predicted molar refractivity (Wildman–Crippen MR) is 55.6 cm³/mol. The second-order valence-corrected chi connectivity index (χ2v) is 8.57. The molecule has 2 heteroatoms. The number of hydrogen-bond acceptors (Lipinski definition) is 1. The van der Waals surface area contributed by atoms with Crippen molar-refractivity contribution in [2.45, 2.75) is 31.7 Å². The van der Waals surface area contributed by atoms with Crippen LogP contribution in [0.1, 0.15) is 25.7 Å². The Morgan fingerprint density at radius 2 is 1.55 bits per heavy atom. The minimum absolute atomic E-state index is 0.222. The van der Waals surface area contributed by atoms with Crippen molar-refractivity contribution in [3.63, 3.8) is 0 Å². The van der Waals surface area contributed by atoms with E-state index in [0.29, 0.717) is 6.04 Å². The molecule has 0 aromatic carbocycles. The highest BCUT2D eigenvalue weighted by molar-refractivity contribution is 8.32. The van der Waals surface area contributed by atoms with Gasteiger partial charge in [0.1, 0.15) is 0 Å². The molecule has 0 bridgehead atoms. The van der Waals surface area contributed by atoms with E-state index in [0.717, 1.165) is 0 Å². The molecule has 1 aliphatic rings. The summed E-state index contributed by atoms with van der Waals surface area (Å²) in [4.78, 5) is 0. The summed E-state index contributed by atoms with van der Waals surface area (Å²) in [5, 5.41) is 0. The van der Waals surface area contributed by atoms with Gasteiger partial charge < -0.3 is 5.73 Å². The van der Waals surface area contributed by atoms with Gasteiger partial charge in [-0.25, -0.2) is 10.0 Å². The lowest BCUT2D eigenvalue weighted by atomic mass is 10.1. The maximum absolute atomic E-state index is 5.90. The summed E-state index contributed by atoms with van der Waals surface area (Å²) in [5.41, 5.74) is 5.90. The Labute approximate surface area is 72.1 Å². The van der Waals surface area contributed by atoms with E-state index in [1.54, 1.807) is 0 Å². The van der Waals surface area contributed by atoms with E-state index in [9.17, 15) is 0 Å². The van der Waals surface area contributed by atoms with Crippen LogP contribution in [0.4, 0.5) is 0 Å². The summed E-state index contributed by atoms with van der Waals surface area (Å²) in [6.45, 7) is 0. The van der Waals surface area contributed by atoms with Crippen molar-refractivity contribution in [1.82, 2.24) is 0 Å². The van der Waals surface area contributed by atoms with Gasteiger partial charge in [0.25, 0.3) is 0 Å². The molecule has 68 valence electrons. The lowest BCUT2D eigenvalue weighted by molar-refractivity contribution is 0.550. The second-order valence-electron chi connectivity index (χ2n) is 4.22. The van der Waals surface area contributed by atoms with E-state index in [4.69, 9.17) is 5.73 Å². The molecule has 1 aliphatic heterocycles. The lowest BCUT2D eigenvalue weighted by Gasteiger charge is -2.34. The molecule has 1 rings (SSSR count). The zero-order valence-electron chi connectivity index (χ0n) is 7.81. The predicted octanol–water partition coefficient (Wildman–Crippen LogP) is 1.95. The minimum atomic E-state index is -0.222. The van der Waals surface area contributed by atoms with Crippen LogP contribution in [-0.4, -0.2) is 30.1 Å². The molecule has 0 aromatic rings. The molecule has 11 heavy (non-hydrogen) atoms. The third-order valence-electron chi connectivity index (χ3n) is 2.54. The molecule has 0 saturated carbocycles. The first kappa shape index (κ1) is 9.40. The van der Waals surface area contributed by atoms with Gasteiger partial charge in [-0.1, -0.05) is 0 Å². The molecule has 0 amide bonds. The van der Waals surface area contributed by atoms with Crippen LogP contribution in [0, 0.1) is 0 Å². The molecule has 0 unspecified atom stereocenters. The molecule has 0 aromatic heterocycles. The molecule has 0 atom stereocenters. The Balaban J connectivity index is 2.35. The lowest BCUT2D eigenvalue weighted by Crippen LogP contribution is -2.24. The third-order valence-corrected chi connectivity index (χ3v) is 5.33. The highest BCUT2D eigenvalue weighted by Gasteiger charge is 2.15. The number of rotatable bonds is 0. The monoisotopic (exact) mass is 175 g/mol. The van der Waals surface area contributed by atoms with Gasteiger partial charge >= 0.3 is 0 Å². The summed E-state index contributed by atoms with van der Waals surface area (Å²) in [7, 11) is -0.222. The van der Waals surface area contributed by atoms with Crippen molar-refractivity contribution in [3.8, 4) is 0 Å². The van der Waals surface area contributed by atoms with Crippen LogP contribution in [0.3, 0.4) is 0 Å². The Hall–Kier alpha value is 0.310. The smallest absolute Gasteiger partial charge is 0.00393 e. The maximum atomic E-state index is 5.90. The van der Waals surface area contributed by atoms with Crippen LogP contribution in [0.5, 0.6) is 0 Å². The standard InChI is InChI=1S/C9H21NS/c1-11(2)7-3-5-9(10)6-4-8-11/h9H,3-8,10H2,1-2H3. The van der Waals surface area contributed by atoms with Gasteiger partial charge in [0.15, 0.2) is 0 Å². The van der Waals surface area contributed by atoms with Crippen LogP contribution < -0.4 is 5.73 Å². The van der Waals surface area contributed by atoms with E-state index >= 15 is 0 Å². The van der Waals surface area contributed by atoms with E-state index in [-0.39, 0.29) is 10.0 Å². The Bertz CT molecular complexity index is 111. The first-order valence-electron chi connectivity index (χ1n) is 4.54. The summed E-state index contributed by atoms with van der Waals surface area (Å²) >= 11 is 0. The summed E-state index contributed by atoms with van der Waals surface area (Å²) in [6.07, 6.45) is 10.2. The van der Waals surface area contributed by atoms with Gasteiger partial charge in [-0.05, 0) is 49.7 Å². The van der Waals surface area contributed by atoms with Crippen molar-refractivity contribution in [3.05, 3.63) is 0 Å². The average molecular weight is 175 g/mol. The van der Waals surface area contributed by atoms with Gasteiger partial charge in [0, 0.05) is 6.04 Å². The highest BCUT2D eigenvalue weighted by Crippen LogP contribution is 2.42. The molecule has 0 radical (unpaired) electrons. The third kappa shape index (κ3) is 3.48. The van der Waals surface area contributed by atoms with Crippen LogP contribution in [0.25, 0.3) is 0 Å². The van der Waals surface area contributed by atoms with E-state index in [1.807, 2.05) is 0 Å². The fraction of sp³-hybridized carbons (Fsp3) is 1.00. The summed E-state index contributed by atoms with van der Waals surface area (Å²) in [5.74, 6) is 2.89. The van der Waals surface area contributed by atoms with Crippen molar-refractivity contribution in [1.29, 1.82) is 0 Å². The van der Waals surface area contributed by atoms with Gasteiger partial charge in [0.2, 0.25) is 0 Å². The van der Waals surface area contributed by atoms with Crippen molar-refractivity contribution in [2.75, 3.05) is 24.0 Å². The number of nitrogens with two attached hydrogens (primary N) is 1. The molecule has 0 spiro atoms. The molecular weight excluding hydrogens is 154 g/mol. The van der Waals surface area contributed by atoms with Crippen molar-refractivity contribution < 1.29 is 0 Å². The average Bonchev–Trinajstić information content (AvgIpc) is 1.83. The second kappa shape index (κ2) is 3.81. The van der Waals surface area contributed by atoms with Crippen LogP contribution in [-0.2, 0) is 0 Å². The fourth-order valence-corrected chi connectivity index (χ4v) is 3.82. The Morgan fingerprint density at radius 3 is 2.00 bits per heavy atom. The Morgan fingerprint density at radius 1 is 1.09 bits per heavy atom. The van der Waals surface area contributed by atoms with Gasteiger partial charge in [-0.2, -0.15) is 0 Å². The van der Waals surface area contributed by atoms with Crippen LogP contribution in [0.15, 0.2) is 0 Å². The molecule has 1 heterocycles. The minimum Gasteiger partial charge on any atom is -0.328 e. The molecular formula is C9H21NS. The summed E-state index contributed by atoms with van der Waals surface area (Å²) in [6, 6.07) is 0.505. The zero-order chi connectivity index (χ0) is 8.32. The fourth-order valence-electron chi connectivity index (χ4n) is 1.72. The van der Waals surface area contributed by atoms with E-state index in [1.165, 1.54) is 37.2 Å². The molecule has 1 fully saturated rings. The molecule has 1 saturated heterocycles. The van der Waals surface area contributed by atoms with Gasteiger partial charge in [-0.15, -0.1) is 0 Å². The van der Waals surface area contributed by atoms with Gasteiger partial charge in [-0.3, -0.25) is 0 Å².